The lowest BCUT2D eigenvalue weighted by Crippen LogP contribution is -2.45. The molecule has 2 unspecified atom stereocenters. The van der Waals surface area contributed by atoms with E-state index in [9.17, 15) is 4.79 Å². The van der Waals surface area contributed by atoms with Gasteiger partial charge in [0.1, 0.15) is 0 Å². The smallest absolute Gasteiger partial charge is 0.161 e. The first-order chi connectivity index (χ1) is 6.96. The highest BCUT2D eigenvalue weighted by Crippen LogP contribution is 2.37. The minimum Gasteiger partial charge on any atom is -0.377 e. The van der Waals surface area contributed by atoms with Crippen LogP contribution in [0.15, 0.2) is 11.6 Å². The van der Waals surface area contributed by atoms with Crippen molar-refractivity contribution in [3.63, 3.8) is 0 Å². The molecule has 3 heteroatoms. The lowest BCUT2D eigenvalue weighted by molar-refractivity contribution is -0.126. The van der Waals surface area contributed by atoms with Crippen molar-refractivity contribution in [1.29, 1.82) is 0 Å². The van der Waals surface area contributed by atoms with E-state index < -0.39 is 0 Å². The minimum absolute atomic E-state index is 0.0532. The van der Waals surface area contributed by atoms with E-state index in [1.165, 1.54) is 0 Å². The maximum atomic E-state index is 11.9. The van der Waals surface area contributed by atoms with Crippen LogP contribution in [0.4, 0.5) is 0 Å². The van der Waals surface area contributed by atoms with Crippen molar-refractivity contribution in [2.24, 2.45) is 11.8 Å². The van der Waals surface area contributed by atoms with Crippen LogP contribution in [0.1, 0.15) is 27.2 Å². The molecule has 0 aromatic heterocycles. The fourth-order valence-corrected chi connectivity index (χ4v) is 2.88. The first-order valence-corrected chi connectivity index (χ1v) is 6.40. The van der Waals surface area contributed by atoms with E-state index in [4.69, 9.17) is 4.74 Å². The van der Waals surface area contributed by atoms with Gasteiger partial charge < -0.3 is 4.74 Å². The van der Waals surface area contributed by atoms with E-state index in [2.05, 4.69) is 22.9 Å². The van der Waals surface area contributed by atoms with Crippen LogP contribution >= 0.6 is 15.9 Å². The lowest BCUT2D eigenvalue weighted by Gasteiger charge is -2.39. The summed E-state index contributed by atoms with van der Waals surface area (Å²) in [5, 5.41) is 0.756. The van der Waals surface area contributed by atoms with E-state index in [-0.39, 0.29) is 23.2 Å². The summed E-state index contributed by atoms with van der Waals surface area (Å²) in [6, 6.07) is 0. The summed E-state index contributed by atoms with van der Waals surface area (Å²) in [6.07, 6.45) is 2.96. The fourth-order valence-electron chi connectivity index (χ4n) is 2.23. The van der Waals surface area contributed by atoms with Crippen molar-refractivity contribution in [2.45, 2.75) is 32.8 Å². The van der Waals surface area contributed by atoms with Gasteiger partial charge in [0.05, 0.1) is 5.60 Å². The first-order valence-electron chi connectivity index (χ1n) is 5.28. The zero-order valence-electron chi connectivity index (χ0n) is 9.84. The quantitative estimate of drug-likeness (QED) is 0.740. The molecule has 1 rings (SSSR count). The second-order valence-corrected chi connectivity index (χ2v) is 5.09. The van der Waals surface area contributed by atoms with E-state index >= 15 is 0 Å². The van der Waals surface area contributed by atoms with Crippen molar-refractivity contribution in [3.8, 4) is 0 Å². The number of carbonyl (C=O) groups is 1. The summed E-state index contributed by atoms with van der Waals surface area (Å²) in [5.41, 5.74) is 0.638. The van der Waals surface area contributed by atoms with Crippen LogP contribution in [0, 0.1) is 11.8 Å². The van der Waals surface area contributed by atoms with Crippen molar-refractivity contribution in [1.82, 2.24) is 0 Å². The van der Waals surface area contributed by atoms with E-state index in [1.54, 1.807) is 7.11 Å². The Balaban J connectivity index is 2.94. The van der Waals surface area contributed by atoms with Crippen LogP contribution in [0.25, 0.3) is 0 Å². The van der Waals surface area contributed by atoms with Crippen LogP contribution in [-0.4, -0.2) is 23.8 Å². The Morgan fingerprint density at radius 3 is 2.73 bits per heavy atom. The van der Waals surface area contributed by atoms with Crippen molar-refractivity contribution in [3.05, 3.63) is 11.6 Å². The van der Waals surface area contributed by atoms with Gasteiger partial charge in [-0.05, 0) is 25.8 Å². The molecule has 0 aromatic rings. The molecular formula is C12H19BrO2. The molecule has 0 amide bonds. The number of carbonyl (C=O) groups excluding carboxylic acids is 1. The van der Waals surface area contributed by atoms with E-state index in [0.29, 0.717) is 0 Å². The maximum absolute atomic E-state index is 11.9. The van der Waals surface area contributed by atoms with Crippen LogP contribution in [0.5, 0.6) is 0 Å². The Kier molecular flexibility index (Phi) is 4.13. The number of alkyl halides is 1. The summed E-state index contributed by atoms with van der Waals surface area (Å²) < 4.78 is 5.55. The third-order valence-electron chi connectivity index (χ3n) is 3.60. The highest BCUT2D eigenvalue weighted by molar-refractivity contribution is 9.09. The molecule has 86 valence electrons. The van der Waals surface area contributed by atoms with E-state index in [0.717, 1.165) is 17.3 Å². The Morgan fingerprint density at radius 1 is 1.67 bits per heavy atom. The third-order valence-corrected chi connectivity index (χ3v) is 4.71. The molecule has 3 atom stereocenters. The van der Waals surface area contributed by atoms with Gasteiger partial charge in [-0.15, -0.1) is 0 Å². The highest BCUT2D eigenvalue weighted by atomic mass is 79.9. The number of hydrogen-bond acceptors (Lipinski definition) is 2. The number of rotatable bonds is 3. The van der Waals surface area contributed by atoms with Gasteiger partial charge in [0, 0.05) is 24.3 Å². The molecule has 0 N–H and O–H groups in total. The molecule has 1 aliphatic carbocycles. The highest BCUT2D eigenvalue weighted by Gasteiger charge is 2.41. The van der Waals surface area contributed by atoms with Crippen molar-refractivity contribution < 1.29 is 9.53 Å². The average Bonchev–Trinajstić information content (AvgIpc) is 2.25. The zero-order valence-corrected chi connectivity index (χ0v) is 11.4. The largest absolute Gasteiger partial charge is 0.377 e. The van der Waals surface area contributed by atoms with Crippen LogP contribution in [0.2, 0.25) is 0 Å². The zero-order chi connectivity index (χ0) is 11.6. The lowest BCUT2D eigenvalue weighted by atomic mass is 9.72. The Labute approximate surface area is 100 Å². The van der Waals surface area contributed by atoms with Crippen LogP contribution in [0.3, 0.4) is 0 Å². The van der Waals surface area contributed by atoms with Gasteiger partial charge in [-0.3, -0.25) is 4.79 Å². The molecule has 0 aliphatic heterocycles. The summed E-state index contributed by atoms with van der Waals surface area (Å²) in [5.74, 6) is 0.575. The van der Waals surface area contributed by atoms with Gasteiger partial charge in [-0.1, -0.05) is 28.9 Å². The average molecular weight is 275 g/mol. The summed E-state index contributed by atoms with van der Waals surface area (Å²) in [6.45, 7) is 5.96. The van der Waals surface area contributed by atoms with Crippen molar-refractivity contribution in [2.75, 3.05) is 12.4 Å². The number of halogens is 1. The number of hydrogen-bond donors (Lipinski definition) is 0. The van der Waals surface area contributed by atoms with Gasteiger partial charge in [0.2, 0.25) is 0 Å². The predicted octanol–water partition coefficient (Wildman–Crippen LogP) is 2.96. The van der Waals surface area contributed by atoms with Crippen molar-refractivity contribution >= 4 is 21.7 Å². The topological polar surface area (TPSA) is 26.3 Å². The normalized spacial score (nSPS) is 31.0. The second-order valence-electron chi connectivity index (χ2n) is 4.53. The number of allylic oxidation sites excluding steroid dienone is 2. The molecule has 0 spiro atoms. The standard InChI is InChI=1S/C12H19BrO2/c1-8-5-6-10(9(2)11(8)14)12(3,7-13)15-4/h5,9-10H,6-7H2,1-4H3/t9?,10-,12?/m1/s1. The van der Waals surface area contributed by atoms with Gasteiger partial charge >= 0.3 is 0 Å². The van der Waals surface area contributed by atoms with E-state index in [1.807, 2.05) is 19.9 Å². The molecule has 0 saturated heterocycles. The molecule has 0 heterocycles. The van der Waals surface area contributed by atoms with Gasteiger partial charge in [0.15, 0.2) is 5.78 Å². The summed E-state index contributed by atoms with van der Waals surface area (Å²) in [7, 11) is 1.71. The number of Topliss-reactive ketones (excluding diaryl/α,β-unsaturated/α-hetero) is 1. The van der Waals surface area contributed by atoms with Crippen LogP contribution in [-0.2, 0) is 9.53 Å². The number of ether oxygens (including phenoxy) is 1. The van der Waals surface area contributed by atoms with Gasteiger partial charge in [-0.25, -0.2) is 0 Å². The third kappa shape index (κ3) is 2.34. The molecule has 0 bridgehead atoms. The fraction of sp³-hybridized carbons (Fsp3) is 0.750. The molecule has 0 radical (unpaired) electrons. The molecule has 0 aromatic carbocycles. The number of ketones is 1. The molecule has 1 aliphatic rings. The Morgan fingerprint density at radius 2 is 2.27 bits per heavy atom. The summed E-state index contributed by atoms with van der Waals surface area (Å²) in [4.78, 5) is 11.9. The Bertz CT molecular complexity index is 279. The molecular weight excluding hydrogens is 256 g/mol. The minimum atomic E-state index is -0.258. The first kappa shape index (κ1) is 12.9. The van der Waals surface area contributed by atoms with Gasteiger partial charge in [0.25, 0.3) is 0 Å². The monoisotopic (exact) mass is 274 g/mol. The molecule has 0 fully saturated rings. The summed E-state index contributed by atoms with van der Waals surface area (Å²) >= 11 is 3.47. The molecule has 0 saturated carbocycles. The maximum Gasteiger partial charge on any atom is 0.161 e. The molecule has 15 heavy (non-hydrogen) atoms. The van der Waals surface area contributed by atoms with Crippen LogP contribution < -0.4 is 0 Å². The van der Waals surface area contributed by atoms with Gasteiger partial charge in [-0.2, -0.15) is 0 Å². The molecule has 2 nitrogen and oxygen atoms in total. The Hall–Kier alpha value is -0.150. The predicted molar refractivity (Wildman–Crippen MR) is 65.2 cm³/mol. The SMILES string of the molecule is COC(C)(CBr)[C@@H]1CC=C(C)C(=O)C1C. The second kappa shape index (κ2) is 4.79. The number of methoxy groups -OCH3 is 1.